The summed E-state index contributed by atoms with van der Waals surface area (Å²) in [5, 5.41) is 22.6. The molecule has 48 heavy (non-hydrogen) atoms. The van der Waals surface area contributed by atoms with Crippen molar-refractivity contribution in [2.45, 2.75) is 39.0 Å². The van der Waals surface area contributed by atoms with Crippen LogP contribution in [0.3, 0.4) is 0 Å². The maximum Gasteiger partial charge on any atom is 0.325 e. The van der Waals surface area contributed by atoms with Crippen LogP contribution in [-0.2, 0) is 5.41 Å². The van der Waals surface area contributed by atoms with Crippen LogP contribution in [0.1, 0.15) is 39.2 Å². The number of aromatic hydroxyl groups is 1. The maximum atomic E-state index is 16.3. The molecule has 5 aromatic rings. The largest absolute Gasteiger partial charge is 0.503 e. The molecule has 0 aliphatic carbocycles. The van der Waals surface area contributed by atoms with Crippen LogP contribution in [0.25, 0.3) is 21.5 Å². The van der Waals surface area contributed by atoms with E-state index in [1.807, 2.05) is 36.4 Å². The van der Waals surface area contributed by atoms with Gasteiger partial charge in [-0.2, -0.15) is 0 Å². The second-order valence-electron chi connectivity index (χ2n) is 13.9. The fourth-order valence-corrected chi connectivity index (χ4v) is 8.91. The minimum absolute atomic E-state index is 0.0974. The van der Waals surface area contributed by atoms with Gasteiger partial charge in [-0.3, -0.25) is 9.80 Å². The molecule has 1 spiro atoms. The Hall–Kier alpha value is -3.80. The molecule has 3 aromatic carbocycles. The Bertz CT molecular complexity index is 2040. The number of para-hydroxylation sites is 2. The molecule has 0 bridgehead atoms. The molecule has 0 saturated carbocycles. The molecule has 0 radical (unpaired) electrons. The summed E-state index contributed by atoms with van der Waals surface area (Å²) < 4.78 is 16.5. The Balaban J connectivity index is 1.39. The van der Waals surface area contributed by atoms with Crippen molar-refractivity contribution in [2.24, 2.45) is 5.41 Å². The Morgan fingerprint density at radius 1 is 1.04 bits per heavy atom. The topological polar surface area (TPSA) is 99.2 Å². The average molecular weight is 707 g/mol. The second kappa shape index (κ2) is 12.3. The zero-order chi connectivity index (χ0) is 33.8. The number of halogens is 3. The Kier molecular flexibility index (Phi) is 8.36. The maximum absolute atomic E-state index is 16.3. The fourth-order valence-electron chi connectivity index (χ4n) is 7.75. The first kappa shape index (κ1) is 32.7. The quantitative estimate of drug-likeness (QED) is 0.108. The highest BCUT2D eigenvalue weighted by atomic mass is 35.5. The van der Waals surface area contributed by atoms with Crippen molar-refractivity contribution < 1.29 is 14.3 Å². The summed E-state index contributed by atoms with van der Waals surface area (Å²) in [7, 11) is 0. The first-order chi connectivity index (χ1) is 22.9. The normalized spacial score (nSPS) is 18.6. The predicted molar refractivity (Wildman–Crippen MR) is 194 cm³/mol. The van der Waals surface area contributed by atoms with E-state index in [4.69, 9.17) is 23.2 Å². The molecule has 12 heteroatoms. The molecule has 8 nitrogen and oxygen atoms in total. The lowest BCUT2D eigenvalue weighted by atomic mass is 9.72. The van der Waals surface area contributed by atoms with E-state index < -0.39 is 17.3 Å². The van der Waals surface area contributed by atoms with Crippen LogP contribution in [0.5, 0.6) is 5.75 Å². The van der Waals surface area contributed by atoms with Crippen molar-refractivity contribution in [1.82, 2.24) is 19.8 Å². The third kappa shape index (κ3) is 5.90. The van der Waals surface area contributed by atoms with Gasteiger partial charge in [-0.1, -0.05) is 79.6 Å². The molecule has 248 valence electrons. The molecule has 2 aromatic heterocycles. The van der Waals surface area contributed by atoms with Gasteiger partial charge in [0.1, 0.15) is 27.0 Å². The molecule has 1 saturated heterocycles. The molecule has 2 aliphatic rings. The Labute approximate surface area is 292 Å². The van der Waals surface area contributed by atoms with Gasteiger partial charge in [0.05, 0.1) is 18.5 Å². The van der Waals surface area contributed by atoms with Crippen LogP contribution in [0.2, 0.25) is 10.2 Å². The molecular weight excluding hydrogens is 670 g/mol. The van der Waals surface area contributed by atoms with Gasteiger partial charge in [0, 0.05) is 33.7 Å². The number of amides is 2. The van der Waals surface area contributed by atoms with Crippen LogP contribution in [0.15, 0.2) is 66.7 Å². The van der Waals surface area contributed by atoms with Crippen LogP contribution in [0, 0.1) is 11.2 Å². The van der Waals surface area contributed by atoms with E-state index in [2.05, 4.69) is 46.7 Å². The number of rotatable bonds is 5. The highest BCUT2D eigenvalue weighted by Crippen LogP contribution is 2.62. The standard InChI is InChI=1S/C36H35Cl2FN6O2S/c1-35(2,3)19-45(26-7-5-4-6-24(26)41-33(47)44-34-42-25-12-13-28(38)43-32(25)48-34)20-36(14-16-40-17-15-36)30-29(21-8-10-22(37)11-9-21)23(39)18-27(46)31(30)45/h4-13,18,40H,14-17,19-20H2,1-3H3,(H2-,41,42,44,46,47)/p+1. The number of quaternary nitrogens is 1. The minimum atomic E-state index is -0.473. The van der Waals surface area contributed by atoms with E-state index in [1.165, 1.54) is 17.4 Å². The molecule has 7 rings (SSSR count). The number of fused-ring (bicyclic) bond motifs is 3. The zero-order valence-corrected chi connectivity index (χ0v) is 29.2. The summed E-state index contributed by atoms with van der Waals surface area (Å²) in [5.41, 5.74) is 4.02. The average Bonchev–Trinajstić information content (AvgIpc) is 3.53. The fraction of sp³-hybridized carbons (Fsp3) is 0.306. The number of carbonyl (C=O) groups is 1. The number of thiazole rings is 1. The highest BCUT2D eigenvalue weighted by molar-refractivity contribution is 7.22. The lowest BCUT2D eigenvalue weighted by Crippen LogP contribution is -2.53. The van der Waals surface area contributed by atoms with Crippen LogP contribution in [0.4, 0.5) is 31.4 Å². The van der Waals surface area contributed by atoms with Crippen molar-refractivity contribution in [3.05, 3.63) is 88.3 Å². The number of anilines is 2. The number of aromatic nitrogens is 2. The van der Waals surface area contributed by atoms with Crippen molar-refractivity contribution in [3.8, 4) is 16.9 Å². The van der Waals surface area contributed by atoms with Crippen LogP contribution >= 0.6 is 34.5 Å². The van der Waals surface area contributed by atoms with Crippen LogP contribution < -0.4 is 20.4 Å². The monoisotopic (exact) mass is 705 g/mol. The molecule has 4 N–H and O–H groups in total. The number of hydrogen-bond donors (Lipinski definition) is 4. The van der Waals surface area contributed by atoms with Crippen molar-refractivity contribution in [2.75, 3.05) is 36.8 Å². The summed E-state index contributed by atoms with van der Waals surface area (Å²) in [5.74, 6) is -0.570. The number of carbonyl (C=O) groups excluding carboxylic acids is 1. The molecule has 1 fully saturated rings. The van der Waals surface area contributed by atoms with Gasteiger partial charge >= 0.3 is 6.03 Å². The van der Waals surface area contributed by atoms with E-state index in [-0.39, 0.29) is 15.6 Å². The van der Waals surface area contributed by atoms with Crippen molar-refractivity contribution in [1.29, 1.82) is 0 Å². The van der Waals surface area contributed by atoms with Gasteiger partial charge in [-0.25, -0.2) is 19.2 Å². The first-order valence-electron chi connectivity index (χ1n) is 15.9. The summed E-state index contributed by atoms with van der Waals surface area (Å²) in [6.45, 7) is 9.18. The summed E-state index contributed by atoms with van der Waals surface area (Å²) >= 11 is 13.6. The van der Waals surface area contributed by atoms with Gasteiger partial charge in [0.2, 0.25) is 0 Å². The number of phenolic OH excluding ortho intramolecular Hbond substituents is 1. The molecule has 1 atom stereocenters. The number of pyridine rings is 1. The lowest BCUT2D eigenvalue weighted by Gasteiger charge is -2.42. The number of nitrogens with zero attached hydrogens (tertiary/aromatic N) is 3. The Morgan fingerprint density at radius 3 is 2.50 bits per heavy atom. The van der Waals surface area contributed by atoms with Gasteiger partial charge in [0.25, 0.3) is 0 Å². The van der Waals surface area contributed by atoms with E-state index in [9.17, 15) is 9.90 Å². The smallest absolute Gasteiger partial charge is 0.325 e. The van der Waals surface area contributed by atoms with E-state index in [0.29, 0.717) is 61.2 Å². The van der Waals surface area contributed by atoms with Crippen molar-refractivity contribution in [3.63, 3.8) is 0 Å². The summed E-state index contributed by atoms with van der Waals surface area (Å²) in [6.07, 6.45) is 1.53. The van der Waals surface area contributed by atoms with Crippen LogP contribution in [-0.4, -0.2) is 47.3 Å². The zero-order valence-electron chi connectivity index (χ0n) is 26.8. The minimum Gasteiger partial charge on any atom is -0.503 e. The SMILES string of the molecule is CC(C)(C)C[N+]1(c2ccccc2NC(=O)Nc2nc3ccc(Cl)nc3s2)CC2(CCNCC2)c2c(-c3ccc(Cl)cc3)c(F)cc(O)c21. The van der Waals surface area contributed by atoms with Gasteiger partial charge in [-0.15, -0.1) is 0 Å². The third-order valence-corrected chi connectivity index (χ3v) is 10.6. The third-order valence-electron chi connectivity index (χ3n) is 9.26. The number of phenols is 1. The summed E-state index contributed by atoms with van der Waals surface area (Å²) in [6, 6.07) is 19.1. The van der Waals surface area contributed by atoms with Crippen molar-refractivity contribution >= 4 is 73.1 Å². The summed E-state index contributed by atoms with van der Waals surface area (Å²) in [4.78, 5) is 23.0. The number of nitrogens with one attached hydrogen (secondary N) is 3. The molecule has 2 amide bonds. The molecule has 2 aliphatic heterocycles. The number of piperidine rings is 1. The number of hydrogen-bond acceptors (Lipinski definition) is 6. The number of benzene rings is 3. The van der Waals surface area contributed by atoms with E-state index >= 15 is 4.39 Å². The molecule has 1 unspecified atom stereocenters. The van der Waals surface area contributed by atoms with E-state index in [1.54, 1.807) is 24.3 Å². The van der Waals surface area contributed by atoms with Gasteiger partial charge < -0.3 is 15.7 Å². The number of urea groups is 1. The first-order valence-corrected chi connectivity index (χ1v) is 17.5. The highest BCUT2D eigenvalue weighted by Gasteiger charge is 2.59. The Morgan fingerprint density at radius 2 is 1.77 bits per heavy atom. The van der Waals surface area contributed by atoms with E-state index in [0.717, 1.165) is 37.2 Å². The molecule has 4 heterocycles. The lowest BCUT2D eigenvalue weighted by molar-refractivity contribution is 0.212. The van der Waals surface area contributed by atoms with Gasteiger partial charge in [0.15, 0.2) is 22.3 Å². The van der Waals surface area contributed by atoms with Gasteiger partial charge in [-0.05, 0) is 61.8 Å². The second-order valence-corrected chi connectivity index (χ2v) is 15.7. The molecular formula is C36H36Cl2FN6O2S+. The predicted octanol–water partition coefficient (Wildman–Crippen LogP) is 9.47.